The molecule has 2 heterocycles. The van der Waals surface area contributed by atoms with Crippen molar-refractivity contribution in [2.24, 2.45) is 0 Å². The van der Waals surface area contributed by atoms with Crippen molar-refractivity contribution in [3.05, 3.63) is 11.9 Å². The summed E-state index contributed by atoms with van der Waals surface area (Å²) in [6.07, 6.45) is 5.80. The van der Waals surface area contributed by atoms with E-state index >= 15 is 0 Å². The second-order valence-electron chi connectivity index (χ2n) is 5.71. The lowest BCUT2D eigenvalue weighted by Gasteiger charge is -2.26. The molecular formula is C15H26N4O. The van der Waals surface area contributed by atoms with E-state index in [1.54, 1.807) is 6.33 Å². The Hall–Kier alpha value is -1.36. The minimum absolute atomic E-state index is 0.0150. The van der Waals surface area contributed by atoms with E-state index in [1.807, 2.05) is 0 Å². The Kier molecular flexibility index (Phi) is 5.17. The van der Waals surface area contributed by atoms with Crippen molar-refractivity contribution in [3.8, 4) is 0 Å². The molecule has 1 aromatic heterocycles. The zero-order chi connectivity index (χ0) is 14.4. The van der Waals surface area contributed by atoms with Crippen molar-refractivity contribution in [1.29, 1.82) is 0 Å². The fourth-order valence-electron chi connectivity index (χ4n) is 2.45. The van der Waals surface area contributed by atoms with Crippen molar-refractivity contribution in [1.82, 2.24) is 9.97 Å². The summed E-state index contributed by atoms with van der Waals surface area (Å²) in [6, 6.07) is 0. The maximum atomic E-state index is 5.51. The van der Waals surface area contributed by atoms with Gasteiger partial charge in [-0.25, -0.2) is 9.97 Å². The number of anilines is 2. The van der Waals surface area contributed by atoms with Crippen molar-refractivity contribution in [3.63, 3.8) is 0 Å². The number of aromatic nitrogens is 2. The Labute approximate surface area is 121 Å². The zero-order valence-electron chi connectivity index (χ0n) is 12.8. The summed E-state index contributed by atoms with van der Waals surface area (Å²) < 4.78 is 5.51. The molecule has 1 aliphatic heterocycles. The third kappa shape index (κ3) is 3.60. The van der Waals surface area contributed by atoms with E-state index in [1.165, 1.54) is 5.56 Å². The van der Waals surface area contributed by atoms with Crippen LogP contribution in [0.3, 0.4) is 0 Å². The molecule has 2 rings (SSSR count). The maximum Gasteiger partial charge on any atom is 0.135 e. The Bertz CT molecular complexity index is 430. The molecule has 0 saturated carbocycles. The second-order valence-corrected chi connectivity index (χ2v) is 5.71. The molecule has 1 aromatic rings. The minimum atomic E-state index is -0.0150. The van der Waals surface area contributed by atoms with Crippen LogP contribution in [0.4, 0.5) is 11.6 Å². The molecule has 1 aliphatic rings. The van der Waals surface area contributed by atoms with Crippen molar-refractivity contribution < 1.29 is 4.74 Å². The van der Waals surface area contributed by atoms with E-state index in [9.17, 15) is 0 Å². The number of rotatable bonds is 7. The molecule has 0 amide bonds. The van der Waals surface area contributed by atoms with Gasteiger partial charge in [0, 0.05) is 18.7 Å². The van der Waals surface area contributed by atoms with Gasteiger partial charge >= 0.3 is 0 Å². The highest BCUT2D eigenvalue weighted by atomic mass is 16.5. The molecule has 0 bridgehead atoms. The van der Waals surface area contributed by atoms with E-state index in [0.29, 0.717) is 0 Å². The molecule has 1 fully saturated rings. The van der Waals surface area contributed by atoms with E-state index < -0.39 is 0 Å². The molecule has 0 aliphatic carbocycles. The molecule has 0 spiro atoms. The van der Waals surface area contributed by atoms with Gasteiger partial charge in [0.2, 0.25) is 0 Å². The van der Waals surface area contributed by atoms with E-state index in [0.717, 1.165) is 57.1 Å². The van der Waals surface area contributed by atoms with Gasteiger partial charge in [-0.3, -0.25) is 0 Å². The quantitative estimate of drug-likeness (QED) is 0.803. The third-order valence-electron chi connectivity index (χ3n) is 3.63. The van der Waals surface area contributed by atoms with Gasteiger partial charge in [0.1, 0.15) is 18.0 Å². The fraction of sp³-hybridized carbons (Fsp3) is 0.733. The van der Waals surface area contributed by atoms with E-state index in [-0.39, 0.29) is 5.54 Å². The van der Waals surface area contributed by atoms with Gasteiger partial charge in [0.15, 0.2) is 0 Å². The molecule has 1 atom stereocenters. The average molecular weight is 278 g/mol. The lowest BCUT2D eigenvalue weighted by Crippen LogP contribution is -2.36. The summed E-state index contributed by atoms with van der Waals surface area (Å²) in [4.78, 5) is 8.86. The minimum Gasteiger partial charge on any atom is -0.379 e. The van der Waals surface area contributed by atoms with Crippen LogP contribution in [0.1, 0.15) is 45.6 Å². The molecule has 2 N–H and O–H groups in total. The predicted molar refractivity (Wildman–Crippen MR) is 82.3 cm³/mol. The number of nitrogens with one attached hydrogen (secondary N) is 2. The van der Waals surface area contributed by atoms with Gasteiger partial charge in [0.05, 0.1) is 12.1 Å². The first-order valence-corrected chi connectivity index (χ1v) is 7.62. The number of nitrogens with zero attached hydrogens (tertiary/aromatic N) is 2. The van der Waals surface area contributed by atoms with Crippen LogP contribution in [0.15, 0.2) is 6.33 Å². The number of ether oxygens (including phenoxy) is 1. The lowest BCUT2D eigenvalue weighted by molar-refractivity contribution is 0.185. The highest BCUT2D eigenvalue weighted by Crippen LogP contribution is 2.28. The molecule has 1 saturated heterocycles. The topological polar surface area (TPSA) is 59.1 Å². The SMILES string of the molecule is CCCNc1ncnc(NC2(C)CCOC2)c1CCC. The first kappa shape index (κ1) is 15.0. The molecular weight excluding hydrogens is 252 g/mol. The Morgan fingerprint density at radius 3 is 2.70 bits per heavy atom. The summed E-state index contributed by atoms with van der Waals surface area (Å²) >= 11 is 0. The molecule has 20 heavy (non-hydrogen) atoms. The zero-order valence-corrected chi connectivity index (χ0v) is 12.8. The molecule has 0 radical (unpaired) electrons. The third-order valence-corrected chi connectivity index (χ3v) is 3.63. The van der Waals surface area contributed by atoms with Gasteiger partial charge in [-0.15, -0.1) is 0 Å². The monoisotopic (exact) mass is 278 g/mol. The van der Waals surface area contributed by atoms with Crippen molar-refractivity contribution in [2.75, 3.05) is 30.4 Å². The van der Waals surface area contributed by atoms with Gasteiger partial charge in [-0.05, 0) is 26.2 Å². The normalized spacial score (nSPS) is 21.9. The Morgan fingerprint density at radius 2 is 2.05 bits per heavy atom. The van der Waals surface area contributed by atoms with Crippen LogP contribution in [0.5, 0.6) is 0 Å². The van der Waals surface area contributed by atoms with Crippen LogP contribution in [-0.2, 0) is 11.2 Å². The fourth-order valence-corrected chi connectivity index (χ4v) is 2.45. The van der Waals surface area contributed by atoms with Crippen LogP contribution in [0, 0.1) is 0 Å². The molecule has 0 aromatic carbocycles. The van der Waals surface area contributed by atoms with Crippen LogP contribution in [0.25, 0.3) is 0 Å². The maximum absolute atomic E-state index is 5.51. The van der Waals surface area contributed by atoms with E-state index in [2.05, 4.69) is 41.4 Å². The lowest BCUT2D eigenvalue weighted by atomic mass is 10.0. The van der Waals surface area contributed by atoms with Gasteiger partial charge in [-0.1, -0.05) is 20.3 Å². The Morgan fingerprint density at radius 1 is 1.25 bits per heavy atom. The van der Waals surface area contributed by atoms with E-state index in [4.69, 9.17) is 4.74 Å². The summed E-state index contributed by atoms with van der Waals surface area (Å²) in [5.74, 6) is 1.92. The average Bonchev–Trinajstić information content (AvgIpc) is 2.86. The van der Waals surface area contributed by atoms with Gasteiger partial charge in [0.25, 0.3) is 0 Å². The Balaban J connectivity index is 2.21. The number of hydrogen-bond donors (Lipinski definition) is 2. The van der Waals surface area contributed by atoms with Crippen molar-refractivity contribution in [2.45, 2.75) is 52.0 Å². The summed E-state index contributed by atoms with van der Waals surface area (Å²) in [5, 5.41) is 6.97. The summed E-state index contributed by atoms with van der Waals surface area (Å²) in [6.45, 7) is 9.02. The molecule has 5 heteroatoms. The highest BCUT2D eigenvalue weighted by Gasteiger charge is 2.30. The van der Waals surface area contributed by atoms with Crippen LogP contribution >= 0.6 is 0 Å². The largest absolute Gasteiger partial charge is 0.379 e. The predicted octanol–water partition coefficient (Wildman–Crippen LogP) is 2.84. The first-order chi connectivity index (χ1) is 9.68. The van der Waals surface area contributed by atoms with Gasteiger partial charge < -0.3 is 15.4 Å². The van der Waals surface area contributed by atoms with Gasteiger partial charge in [-0.2, -0.15) is 0 Å². The van der Waals surface area contributed by atoms with Crippen LogP contribution < -0.4 is 10.6 Å². The smallest absolute Gasteiger partial charge is 0.135 e. The second kappa shape index (κ2) is 6.88. The molecule has 112 valence electrons. The van der Waals surface area contributed by atoms with Crippen LogP contribution in [-0.4, -0.2) is 35.3 Å². The standard InChI is InChI=1S/C15H26N4O/c1-4-6-12-13(16-8-5-2)17-11-18-14(12)19-15(3)7-9-20-10-15/h11H,4-10H2,1-3H3,(H2,16,17,18,19). The summed E-state index contributed by atoms with van der Waals surface area (Å²) in [5.41, 5.74) is 1.18. The summed E-state index contributed by atoms with van der Waals surface area (Å²) in [7, 11) is 0. The highest BCUT2D eigenvalue weighted by molar-refractivity contribution is 5.58. The number of hydrogen-bond acceptors (Lipinski definition) is 5. The molecule has 1 unspecified atom stereocenters. The first-order valence-electron chi connectivity index (χ1n) is 7.62. The molecule has 5 nitrogen and oxygen atoms in total. The van der Waals surface area contributed by atoms with Crippen LogP contribution in [0.2, 0.25) is 0 Å². The van der Waals surface area contributed by atoms with Crippen molar-refractivity contribution >= 4 is 11.6 Å².